The molecule has 2 N–H and O–H groups in total. The van der Waals surface area contributed by atoms with E-state index in [0.29, 0.717) is 19.3 Å². The first-order valence-electron chi connectivity index (χ1n) is 7.59. The van der Waals surface area contributed by atoms with Gasteiger partial charge in [-0.15, -0.1) is 11.3 Å². The van der Waals surface area contributed by atoms with Gasteiger partial charge in [-0.25, -0.2) is 4.98 Å². The van der Waals surface area contributed by atoms with Crippen molar-refractivity contribution < 1.29 is 9.90 Å². The normalized spacial score (nSPS) is 10.8. The Morgan fingerprint density at radius 3 is 2.61 bits per heavy atom. The van der Waals surface area contributed by atoms with Gasteiger partial charge in [-0.3, -0.25) is 4.79 Å². The van der Waals surface area contributed by atoms with E-state index in [1.54, 1.807) is 11.3 Å². The molecule has 0 bridgehead atoms. The number of thiazole rings is 1. The topological polar surface area (TPSA) is 62.2 Å². The summed E-state index contributed by atoms with van der Waals surface area (Å²) < 4.78 is 1.15. The molecule has 5 heteroatoms. The van der Waals surface area contributed by atoms with Crippen LogP contribution in [0.15, 0.2) is 48.5 Å². The monoisotopic (exact) mass is 326 g/mol. The molecule has 0 fully saturated rings. The SMILES string of the molecule is O=C(CCc1nc2ccccc2s1)Nc1ccc(CCO)cc1. The van der Waals surface area contributed by atoms with Crippen molar-refractivity contribution in [1.82, 2.24) is 4.98 Å². The second kappa shape index (κ2) is 7.35. The summed E-state index contributed by atoms with van der Waals surface area (Å²) in [5.41, 5.74) is 2.83. The molecule has 23 heavy (non-hydrogen) atoms. The number of rotatable bonds is 6. The lowest BCUT2D eigenvalue weighted by Gasteiger charge is -2.05. The van der Waals surface area contributed by atoms with Crippen LogP contribution in [-0.2, 0) is 17.6 Å². The van der Waals surface area contributed by atoms with E-state index in [1.807, 2.05) is 48.5 Å². The molecule has 0 aliphatic rings. The van der Waals surface area contributed by atoms with Gasteiger partial charge >= 0.3 is 0 Å². The number of amides is 1. The van der Waals surface area contributed by atoms with Crippen molar-refractivity contribution in [2.75, 3.05) is 11.9 Å². The summed E-state index contributed by atoms with van der Waals surface area (Å²) in [5, 5.41) is 12.8. The minimum absolute atomic E-state index is 0.0147. The van der Waals surface area contributed by atoms with E-state index in [2.05, 4.69) is 10.3 Å². The van der Waals surface area contributed by atoms with E-state index < -0.39 is 0 Å². The van der Waals surface area contributed by atoms with Crippen LogP contribution in [0.2, 0.25) is 0 Å². The zero-order valence-corrected chi connectivity index (χ0v) is 13.5. The summed E-state index contributed by atoms with van der Waals surface area (Å²) in [6.07, 6.45) is 1.69. The molecule has 3 rings (SSSR count). The highest BCUT2D eigenvalue weighted by Gasteiger charge is 2.07. The number of nitrogens with one attached hydrogen (secondary N) is 1. The maximum absolute atomic E-state index is 12.0. The molecule has 118 valence electrons. The van der Waals surface area contributed by atoms with Gasteiger partial charge in [0.15, 0.2) is 0 Å². The number of carbonyl (C=O) groups is 1. The smallest absolute Gasteiger partial charge is 0.224 e. The second-order valence-electron chi connectivity index (χ2n) is 5.29. The number of aliphatic hydroxyl groups excluding tert-OH is 1. The molecule has 3 aromatic rings. The number of para-hydroxylation sites is 1. The van der Waals surface area contributed by atoms with Crippen LogP contribution in [0.1, 0.15) is 17.0 Å². The van der Waals surface area contributed by atoms with Gasteiger partial charge in [0.1, 0.15) is 0 Å². The third-order valence-corrected chi connectivity index (χ3v) is 4.64. The number of hydrogen-bond donors (Lipinski definition) is 2. The van der Waals surface area contributed by atoms with E-state index in [9.17, 15) is 4.79 Å². The fourth-order valence-corrected chi connectivity index (χ4v) is 3.32. The van der Waals surface area contributed by atoms with Crippen LogP contribution in [0, 0.1) is 0 Å². The Bertz CT molecular complexity index is 763. The van der Waals surface area contributed by atoms with Gasteiger partial charge in [0.2, 0.25) is 5.91 Å². The summed E-state index contributed by atoms with van der Waals surface area (Å²) in [6, 6.07) is 15.6. The van der Waals surface area contributed by atoms with Gasteiger partial charge < -0.3 is 10.4 Å². The van der Waals surface area contributed by atoms with Crippen molar-refractivity contribution in [3.63, 3.8) is 0 Å². The number of fused-ring (bicyclic) bond motifs is 1. The molecule has 4 nitrogen and oxygen atoms in total. The van der Waals surface area contributed by atoms with Crippen molar-refractivity contribution in [3.05, 3.63) is 59.1 Å². The van der Waals surface area contributed by atoms with Gasteiger partial charge in [-0.05, 0) is 36.2 Å². The van der Waals surface area contributed by atoms with Crippen LogP contribution in [0.25, 0.3) is 10.2 Å². The molecule has 0 aliphatic carbocycles. The quantitative estimate of drug-likeness (QED) is 0.730. The minimum Gasteiger partial charge on any atom is -0.396 e. The lowest BCUT2D eigenvalue weighted by molar-refractivity contribution is -0.116. The van der Waals surface area contributed by atoms with Crippen LogP contribution in [0.5, 0.6) is 0 Å². The predicted molar refractivity (Wildman–Crippen MR) is 93.8 cm³/mol. The van der Waals surface area contributed by atoms with Gasteiger partial charge in [0.05, 0.1) is 15.2 Å². The fraction of sp³-hybridized carbons (Fsp3) is 0.222. The van der Waals surface area contributed by atoms with Crippen molar-refractivity contribution in [3.8, 4) is 0 Å². The third kappa shape index (κ3) is 4.15. The highest BCUT2D eigenvalue weighted by Crippen LogP contribution is 2.22. The highest BCUT2D eigenvalue weighted by molar-refractivity contribution is 7.18. The number of anilines is 1. The van der Waals surface area contributed by atoms with Crippen molar-refractivity contribution in [1.29, 1.82) is 0 Å². The van der Waals surface area contributed by atoms with Gasteiger partial charge in [-0.1, -0.05) is 24.3 Å². The summed E-state index contributed by atoms with van der Waals surface area (Å²) in [7, 11) is 0. The number of carbonyl (C=O) groups excluding carboxylic acids is 1. The first kappa shape index (κ1) is 15.6. The summed E-state index contributed by atoms with van der Waals surface area (Å²) in [5.74, 6) is -0.0147. The number of benzene rings is 2. The van der Waals surface area contributed by atoms with Crippen LogP contribution in [0.4, 0.5) is 5.69 Å². The van der Waals surface area contributed by atoms with Gasteiger partial charge in [0, 0.05) is 25.1 Å². The lowest BCUT2D eigenvalue weighted by Crippen LogP contribution is -2.12. The molecule has 0 spiro atoms. The standard InChI is InChI=1S/C18H18N2O2S/c21-12-11-13-5-7-14(8-6-13)19-17(22)9-10-18-20-15-3-1-2-4-16(15)23-18/h1-8,21H,9-12H2,(H,19,22). The Morgan fingerprint density at radius 2 is 1.87 bits per heavy atom. The number of aliphatic hydroxyl groups is 1. The largest absolute Gasteiger partial charge is 0.396 e. The van der Waals surface area contributed by atoms with Crippen molar-refractivity contribution >= 4 is 33.1 Å². The minimum atomic E-state index is -0.0147. The summed E-state index contributed by atoms with van der Waals surface area (Å²) >= 11 is 1.64. The Balaban J connectivity index is 1.54. The zero-order valence-electron chi connectivity index (χ0n) is 12.7. The van der Waals surface area contributed by atoms with Crippen LogP contribution >= 0.6 is 11.3 Å². The fourth-order valence-electron chi connectivity index (χ4n) is 2.35. The maximum atomic E-state index is 12.0. The third-order valence-electron chi connectivity index (χ3n) is 3.54. The van der Waals surface area contributed by atoms with E-state index >= 15 is 0 Å². The van der Waals surface area contributed by atoms with Crippen LogP contribution in [-0.4, -0.2) is 22.6 Å². The molecule has 1 aromatic heterocycles. The Kier molecular flexibility index (Phi) is 5.00. The molecule has 0 unspecified atom stereocenters. The molecule has 2 aromatic carbocycles. The number of hydrogen-bond acceptors (Lipinski definition) is 4. The number of aryl methyl sites for hydroxylation is 1. The zero-order chi connectivity index (χ0) is 16.1. The first-order chi connectivity index (χ1) is 11.2. The van der Waals surface area contributed by atoms with E-state index in [-0.39, 0.29) is 12.5 Å². The molecule has 1 heterocycles. The molecular formula is C18H18N2O2S. The molecular weight excluding hydrogens is 308 g/mol. The average Bonchev–Trinajstić information content (AvgIpc) is 2.98. The van der Waals surface area contributed by atoms with E-state index in [1.165, 1.54) is 0 Å². The van der Waals surface area contributed by atoms with Gasteiger partial charge in [0.25, 0.3) is 0 Å². The molecule has 0 aliphatic heterocycles. The number of aromatic nitrogens is 1. The molecule has 0 radical (unpaired) electrons. The molecule has 0 saturated carbocycles. The maximum Gasteiger partial charge on any atom is 0.224 e. The van der Waals surface area contributed by atoms with Crippen LogP contribution in [0.3, 0.4) is 0 Å². The molecule has 0 saturated heterocycles. The summed E-state index contributed by atoms with van der Waals surface area (Å²) in [4.78, 5) is 16.6. The Morgan fingerprint density at radius 1 is 1.09 bits per heavy atom. The Hall–Kier alpha value is -2.24. The first-order valence-corrected chi connectivity index (χ1v) is 8.40. The average molecular weight is 326 g/mol. The van der Waals surface area contributed by atoms with E-state index in [0.717, 1.165) is 26.5 Å². The van der Waals surface area contributed by atoms with E-state index in [4.69, 9.17) is 5.11 Å². The lowest BCUT2D eigenvalue weighted by atomic mass is 10.1. The molecule has 0 atom stereocenters. The second-order valence-corrected chi connectivity index (χ2v) is 6.41. The molecule has 1 amide bonds. The number of nitrogens with zero attached hydrogens (tertiary/aromatic N) is 1. The predicted octanol–water partition coefficient (Wildman–Crippen LogP) is 3.40. The highest BCUT2D eigenvalue weighted by atomic mass is 32.1. The van der Waals surface area contributed by atoms with Crippen molar-refractivity contribution in [2.45, 2.75) is 19.3 Å². The summed E-state index contributed by atoms with van der Waals surface area (Å²) in [6.45, 7) is 0.133. The van der Waals surface area contributed by atoms with Crippen molar-refractivity contribution in [2.24, 2.45) is 0 Å². The van der Waals surface area contributed by atoms with Crippen LogP contribution < -0.4 is 5.32 Å². The Labute approximate surface area is 138 Å². The van der Waals surface area contributed by atoms with Gasteiger partial charge in [-0.2, -0.15) is 0 Å².